The van der Waals surface area contributed by atoms with Gasteiger partial charge in [-0.15, -0.1) is 16.9 Å². The van der Waals surface area contributed by atoms with Crippen molar-refractivity contribution >= 4 is 17.7 Å². The highest BCUT2D eigenvalue weighted by Crippen LogP contribution is 2.56. The van der Waals surface area contributed by atoms with Crippen LogP contribution < -0.4 is 0 Å². The average molecular weight is 691 g/mol. The fraction of sp³-hybridized carbons (Fsp3) is 0.710. The van der Waals surface area contributed by atoms with Crippen LogP contribution in [0.2, 0.25) is 0 Å². The summed E-state index contributed by atoms with van der Waals surface area (Å²) in [6.07, 6.45) is 1.91. The Morgan fingerprint density at radius 3 is 2.28 bits per heavy atom. The number of aliphatic hydroxyl groups is 3. The van der Waals surface area contributed by atoms with Crippen LogP contribution in [0, 0.1) is 22.9 Å². The van der Waals surface area contributed by atoms with Crippen LogP contribution >= 0.6 is 11.8 Å². The third-order valence-corrected chi connectivity index (χ3v) is 12.1. The molecule has 0 bridgehead atoms. The molecule has 1 spiro atoms. The number of halogens is 5. The van der Waals surface area contributed by atoms with Crippen LogP contribution in [-0.4, -0.2) is 108 Å². The largest absolute Gasteiger partial charge is 0.394 e. The van der Waals surface area contributed by atoms with Crippen molar-refractivity contribution in [3.63, 3.8) is 0 Å². The van der Waals surface area contributed by atoms with E-state index in [0.717, 1.165) is 56.0 Å². The van der Waals surface area contributed by atoms with Crippen LogP contribution in [0.4, 0.5) is 22.0 Å². The number of nitrogens with zero attached hydrogens (tertiary/aromatic N) is 4. The standard InChI is InChI=1S/C31H39F5N4O6S/c1-45-25-23(40-15-20(37-38-40)17-13-18(32)22(34)19(33)14-17)24(42)21(16-41)46-28(25)47-26(27(43)39-11-9-31(35,36)10-12-39)30(44)7-5-29(6-8-30)3-2-4-29/h13-15,21,23-26,28,41-42,44H,2-12,16H2,1H3/t21-,23+,24+,25-,26-,28+/m1/s1. The zero-order chi connectivity index (χ0) is 33.7. The second kappa shape index (κ2) is 13.2. The maximum absolute atomic E-state index is 14.1. The Kier molecular flexibility index (Phi) is 9.66. The van der Waals surface area contributed by atoms with Crippen LogP contribution in [-0.2, 0) is 14.3 Å². The van der Waals surface area contributed by atoms with Gasteiger partial charge in [-0.05, 0) is 56.1 Å². The maximum Gasteiger partial charge on any atom is 0.251 e. The van der Waals surface area contributed by atoms with Gasteiger partial charge in [-0.25, -0.2) is 26.6 Å². The van der Waals surface area contributed by atoms with E-state index in [9.17, 15) is 42.1 Å². The Labute approximate surface area is 272 Å². The number of alkyl halides is 2. The van der Waals surface area contributed by atoms with E-state index in [1.54, 1.807) is 0 Å². The van der Waals surface area contributed by atoms with Crippen LogP contribution in [0.5, 0.6) is 0 Å². The lowest BCUT2D eigenvalue weighted by atomic mass is 9.58. The number of amides is 1. The molecule has 1 aromatic carbocycles. The van der Waals surface area contributed by atoms with Gasteiger partial charge in [0.15, 0.2) is 17.5 Å². The summed E-state index contributed by atoms with van der Waals surface area (Å²) in [5, 5.41) is 40.4. The molecule has 16 heteroatoms. The van der Waals surface area contributed by atoms with Gasteiger partial charge in [-0.1, -0.05) is 11.6 Å². The first-order chi connectivity index (χ1) is 22.3. The number of thioether (sulfide) groups is 1. The van der Waals surface area contributed by atoms with E-state index in [1.165, 1.54) is 22.9 Å². The van der Waals surface area contributed by atoms with Gasteiger partial charge >= 0.3 is 0 Å². The van der Waals surface area contributed by atoms with Crippen molar-refractivity contribution in [2.24, 2.45) is 5.41 Å². The monoisotopic (exact) mass is 690 g/mol. The smallest absolute Gasteiger partial charge is 0.251 e. The fourth-order valence-electron chi connectivity index (χ4n) is 7.40. The van der Waals surface area contributed by atoms with E-state index in [4.69, 9.17) is 9.47 Å². The molecular weight excluding hydrogens is 651 g/mol. The zero-order valence-electron chi connectivity index (χ0n) is 25.8. The van der Waals surface area contributed by atoms with E-state index in [2.05, 4.69) is 10.3 Å². The van der Waals surface area contributed by atoms with Crippen molar-refractivity contribution in [2.45, 2.75) is 104 Å². The Bertz CT molecular complexity index is 1420. The number of ether oxygens (including phenoxy) is 2. The number of hydrogen-bond donors (Lipinski definition) is 3. The second-order valence-electron chi connectivity index (χ2n) is 13.4. The summed E-state index contributed by atoms with van der Waals surface area (Å²) >= 11 is 0.959. The van der Waals surface area contributed by atoms with Crippen molar-refractivity contribution < 1.29 is 51.5 Å². The lowest BCUT2D eigenvalue weighted by Crippen LogP contribution is -2.59. The molecule has 2 saturated carbocycles. The molecule has 1 amide bonds. The van der Waals surface area contributed by atoms with Crippen molar-refractivity contribution in [3.8, 4) is 11.3 Å². The average Bonchev–Trinajstić information content (AvgIpc) is 3.51. The molecule has 4 aliphatic rings. The summed E-state index contributed by atoms with van der Waals surface area (Å²) in [6.45, 7) is -0.988. The van der Waals surface area contributed by atoms with Gasteiger partial charge in [0.2, 0.25) is 5.91 Å². The van der Waals surface area contributed by atoms with Crippen molar-refractivity contribution in [2.75, 3.05) is 26.8 Å². The molecule has 10 nitrogen and oxygen atoms in total. The van der Waals surface area contributed by atoms with Gasteiger partial charge in [0.1, 0.15) is 40.7 Å². The van der Waals surface area contributed by atoms with E-state index in [-0.39, 0.29) is 29.8 Å². The number of benzene rings is 1. The number of methoxy groups -OCH3 is 1. The molecular formula is C31H39F5N4O6S. The molecule has 1 aromatic heterocycles. The van der Waals surface area contributed by atoms with Gasteiger partial charge in [0.25, 0.3) is 5.92 Å². The molecule has 2 aliphatic heterocycles. The topological polar surface area (TPSA) is 130 Å². The summed E-state index contributed by atoms with van der Waals surface area (Å²) in [5.74, 6) is -7.88. The molecule has 4 fully saturated rings. The van der Waals surface area contributed by atoms with Crippen LogP contribution in [0.15, 0.2) is 18.3 Å². The molecule has 3 N–H and O–H groups in total. The minimum atomic E-state index is -2.88. The molecule has 2 aromatic rings. The number of aliphatic hydroxyl groups excluding tert-OH is 2. The number of carbonyl (C=O) groups excluding carboxylic acids is 1. The van der Waals surface area contributed by atoms with Gasteiger partial charge in [0.05, 0.1) is 18.4 Å². The summed E-state index contributed by atoms with van der Waals surface area (Å²) in [4.78, 5) is 15.5. The van der Waals surface area contributed by atoms with Crippen molar-refractivity contribution in [1.82, 2.24) is 19.9 Å². The quantitative estimate of drug-likeness (QED) is 0.280. The predicted molar refractivity (Wildman–Crippen MR) is 159 cm³/mol. The summed E-state index contributed by atoms with van der Waals surface area (Å²) in [6, 6.07) is 0.395. The van der Waals surface area contributed by atoms with E-state index >= 15 is 0 Å². The lowest BCUT2D eigenvalue weighted by Gasteiger charge is -2.52. The number of hydrogen-bond acceptors (Lipinski definition) is 9. The first-order valence-electron chi connectivity index (χ1n) is 15.9. The third-order valence-electron chi connectivity index (χ3n) is 10.6. The normalized spacial score (nSPS) is 30.6. The molecule has 0 unspecified atom stereocenters. The number of carbonyl (C=O) groups is 1. The minimum absolute atomic E-state index is 0.0440. The molecule has 0 radical (unpaired) electrons. The highest BCUT2D eigenvalue weighted by atomic mass is 32.2. The Hall–Kier alpha value is -2.37. The zero-order valence-corrected chi connectivity index (χ0v) is 26.7. The number of rotatable bonds is 8. The van der Waals surface area contributed by atoms with E-state index < -0.39 is 89.4 Å². The predicted octanol–water partition coefficient (Wildman–Crippen LogP) is 3.83. The first kappa shape index (κ1) is 34.5. The summed E-state index contributed by atoms with van der Waals surface area (Å²) in [7, 11) is 1.34. The molecule has 2 saturated heterocycles. The molecule has 2 aliphatic carbocycles. The molecule has 6 atom stereocenters. The van der Waals surface area contributed by atoms with Crippen LogP contribution in [0.25, 0.3) is 11.3 Å². The van der Waals surface area contributed by atoms with Crippen molar-refractivity contribution in [1.29, 1.82) is 0 Å². The first-order valence-corrected chi connectivity index (χ1v) is 16.8. The number of aromatic nitrogens is 3. The second-order valence-corrected chi connectivity index (χ2v) is 14.6. The van der Waals surface area contributed by atoms with Gasteiger partial charge in [0, 0.05) is 38.6 Å². The maximum atomic E-state index is 14.1. The number of likely N-dealkylation sites (tertiary alicyclic amines) is 1. The summed E-state index contributed by atoms with van der Waals surface area (Å²) in [5.41, 5.74) is -2.58. The highest BCUT2D eigenvalue weighted by molar-refractivity contribution is 8.01. The van der Waals surface area contributed by atoms with Crippen LogP contribution in [0.3, 0.4) is 0 Å². The molecule has 47 heavy (non-hydrogen) atoms. The minimum Gasteiger partial charge on any atom is -0.394 e. The Morgan fingerprint density at radius 2 is 1.72 bits per heavy atom. The van der Waals surface area contributed by atoms with E-state index in [1.807, 2.05) is 0 Å². The van der Waals surface area contributed by atoms with E-state index in [0.29, 0.717) is 12.8 Å². The number of piperidine rings is 1. The van der Waals surface area contributed by atoms with Gasteiger partial charge in [-0.2, -0.15) is 0 Å². The molecule has 3 heterocycles. The van der Waals surface area contributed by atoms with Crippen LogP contribution in [0.1, 0.15) is 63.8 Å². The van der Waals surface area contributed by atoms with Gasteiger partial charge in [-0.3, -0.25) is 4.79 Å². The lowest BCUT2D eigenvalue weighted by molar-refractivity contribution is -0.186. The third kappa shape index (κ3) is 6.65. The SMILES string of the molecule is CO[C@@H]1[C@@H](n2cc(-c3cc(F)c(F)c(F)c3)nn2)[C@@H](O)[C@@H](CO)O[C@H]1S[C@H](C(=O)N1CCC(F)(F)CC1)C1(O)CCC2(CCC2)CC1. The highest BCUT2D eigenvalue weighted by Gasteiger charge is 2.55. The van der Waals surface area contributed by atoms with Crippen molar-refractivity contribution in [3.05, 3.63) is 35.8 Å². The molecule has 260 valence electrons. The Morgan fingerprint density at radius 1 is 1.09 bits per heavy atom. The Balaban J connectivity index is 1.30. The molecule has 6 rings (SSSR count). The fourth-order valence-corrected chi connectivity index (χ4v) is 9.06. The van der Waals surface area contributed by atoms with Gasteiger partial charge < -0.3 is 29.7 Å². The summed E-state index contributed by atoms with van der Waals surface area (Å²) < 4.78 is 82.6.